The smallest absolute Gasteiger partial charge is 0.347 e. The van der Waals surface area contributed by atoms with Gasteiger partial charge in [-0.3, -0.25) is 0 Å². The normalized spacial score (nSPS) is 11.5. The second-order valence-electron chi connectivity index (χ2n) is 14.6. The van der Waals surface area contributed by atoms with E-state index in [2.05, 4.69) is 13.2 Å². The molecule has 61 heavy (non-hydrogen) atoms. The highest BCUT2D eigenvalue weighted by molar-refractivity contribution is 5.87. The third-order valence-electron chi connectivity index (χ3n) is 9.56. The van der Waals surface area contributed by atoms with Gasteiger partial charge in [0.25, 0.3) is 0 Å². The number of phenols is 1. The summed E-state index contributed by atoms with van der Waals surface area (Å²) in [7, 11) is 0. The summed E-state index contributed by atoms with van der Waals surface area (Å²) < 4.78 is 21.8. The number of aliphatic hydroxyl groups excluding tert-OH is 1. The van der Waals surface area contributed by atoms with Crippen LogP contribution in [0.3, 0.4) is 0 Å². The van der Waals surface area contributed by atoms with Crippen molar-refractivity contribution in [3.63, 3.8) is 0 Å². The van der Waals surface area contributed by atoms with Crippen LogP contribution in [0.25, 0.3) is 56.4 Å². The summed E-state index contributed by atoms with van der Waals surface area (Å²) >= 11 is 0. The average molecular weight is 820 g/mol. The van der Waals surface area contributed by atoms with E-state index in [4.69, 9.17) is 33.9 Å². The van der Waals surface area contributed by atoms with Gasteiger partial charge >= 0.3 is 17.9 Å². The first-order valence-corrected chi connectivity index (χ1v) is 19.4. The van der Waals surface area contributed by atoms with Gasteiger partial charge in [-0.25, -0.2) is 29.3 Å². The van der Waals surface area contributed by atoms with Gasteiger partial charge in [0.15, 0.2) is 23.6 Å². The molecule has 0 aliphatic carbocycles. The molecule has 12 nitrogen and oxygen atoms in total. The van der Waals surface area contributed by atoms with E-state index in [0.29, 0.717) is 11.6 Å². The summed E-state index contributed by atoms with van der Waals surface area (Å²) in [4.78, 5) is 51.9. The summed E-state index contributed by atoms with van der Waals surface area (Å²) in [5.41, 5.74) is 4.69. The topological polar surface area (TPSA) is 167 Å². The molecule has 0 fully saturated rings. The molecule has 6 rings (SSSR count). The van der Waals surface area contributed by atoms with Crippen LogP contribution in [0.2, 0.25) is 0 Å². The van der Waals surface area contributed by atoms with E-state index in [1.807, 2.05) is 109 Å². The molecule has 12 heteroatoms. The Morgan fingerprint density at radius 3 is 1.43 bits per heavy atom. The lowest BCUT2D eigenvalue weighted by Gasteiger charge is -2.30. The Labute approximate surface area is 353 Å². The number of carbonyl (C=O) groups excluding carboxylic acids is 3. The highest BCUT2D eigenvalue weighted by Crippen LogP contribution is 2.34. The van der Waals surface area contributed by atoms with E-state index in [9.17, 15) is 24.6 Å². The van der Waals surface area contributed by atoms with Gasteiger partial charge in [0, 0.05) is 28.3 Å². The van der Waals surface area contributed by atoms with Crippen LogP contribution < -0.4 is 4.74 Å². The number of rotatable bonds is 17. The van der Waals surface area contributed by atoms with Gasteiger partial charge in [0.2, 0.25) is 0 Å². The number of ether oxygens (including phenoxy) is 4. The number of aliphatic hydroxyl groups is 1. The molecule has 1 heterocycles. The molecule has 0 aliphatic heterocycles. The first kappa shape index (κ1) is 43.1. The fourth-order valence-corrected chi connectivity index (χ4v) is 5.95. The van der Waals surface area contributed by atoms with Gasteiger partial charge in [-0.2, -0.15) is 0 Å². The number of carbonyl (C=O) groups is 3. The van der Waals surface area contributed by atoms with Crippen molar-refractivity contribution in [3.05, 3.63) is 152 Å². The summed E-state index contributed by atoms with van der Waals surface area (Å²) in [5, 5.41) is 21.6. The summed E-state index contributed by atoms with van der Waals surface area (Å²) in [5.74, 6) is -1.43. The van der Waals surface area contributed by atoms with Crippen molar-refractivity contribution in [2.45, 2.75) is 26.9 Å². The van der Waals surface area contributed by atoms with E-state index in [-0.39, 0.29) is 34.0 Å². The zero-order valence-corrected chi connectivity index (χ0v) is 34.0. The lowest BCUT2D eigenvalue weighted by Crippen LogP contribution is -2.43. The van der Waals surface area contributed by atoms with Crippen LogP contribution in [0.15, 0.2) is 152 Å². The van der Waals surface area contributed by atoms with E-state index in [0.717, 1.165) is 33.4 Å². The molecule has 0 amide bonds. The molecule has 0 bridgehead atoms. The standard InChI is InChI=1S/C49H45N3O9/c1-31(2)46(55)58-28-49(27-53,29-59-47(56)32(3)4)30-60-48(57)33(5)61-40-24-25-41(42(54)26-40)45-51-43(38-20-16-36(17-21-38)34-12-8-6-9-13-34)50-44(52-45)39-22-18-37(19-23-39)35-14-10-7-11-15-35/h6-26,33,53-54H,1,3,27-30H2,2,4-5H3. The highest BCUT2D eigenvalue weighted by Gasteiger charge is 2.36. The Morgan fingerprint density at radius 1 is 0.590 bits per heavy atom. The summed E-state index contributed by atoms with van der Waals surface area (Å²) in [6, 6.07) is 40.2. The Hall–Kier alpha value is -7.44. The minimum Gasteiger partial charge on any atom is -0.507 e. The van der Waals surface area contributed by atoms with Crippen molar-refractivity contribution < 1.29 is 43.5 Å². The third-order valence-corrected chi connectivity index (χ3v) is 9.56. The number of nitrogens with zero attached hydrogens (tertiary/aromatic N) is 3. The summed E-state index contributed by atoms with van der Waals surface area (Å²) in [6.07, 6.45) is -1.20. The minimum atomic E-state index is -1.50. The van der Waals surface area contributed by atoms with Crippen LogP contribution >= 0.6 is 0 Å². The predicted molar refractivity (Wildman–Crippen MR) is 231 cm³/mol. The molecule has 6 aromatic rings. The number of benzene rings is 5. The fraction of sp³-hybridized carbons (Fsp3) is 0.184. The lowest BCUT2D eigenvalue weighted by molar-refractivity contribution is -0.166. The molecule has 1 aromatic heterocycles. The molecule has 0 radical (unpaired) electrons. The van der Waals surface area contributed by atoms with E-state index in [1.54, 1.807) is 12.1 Å². The minimum absolute atomic E-state index is 0.109. The van der Waals surface area contributed by atoms with Crippen molar-refractivity contribution in [1.82, 2.24) is 15.0 Å². The number of esters is 3. The Morgan fingerprint density at radius 2 is 1.00 bits per heavy atom. The second-order valence-corrected chi connectivity index (χ2v) is 14.6. The third kappa shape index (κ3) is 11.0. The number of phenolic OH excluding ortho intramolecular Hbond substituents is 1. The predicted octanol–water partition coefficient (Wildman–Crippen LogP) is 8.44. The maximum absolute atomic E-state index is 13.2. The fourth-order valence-electron chi connectivity index (χ4n) is 5.95. The molecule has 0 aliphatic rings. The monoisotopic (exact) mass is 819 g/mol. The van der Waals surface area contributed by atoms with Crippen molar-refractivity contribution >= 4 is 17.9 Å². The molecule has 0 saturated heterocycles. The number of aromatic hydroxyl groups is 1. The first-order valence-electron chi connectivity index (χ1n) is 19.4. The van der Waals surface area contributed by atoms with Gasteiger partial charge in [-0.15, -0.1) is 0 Å². The molecule has 0 spiro atoms. The van der Waals surface area contributed by atoms with Crippen LogP contribution in [0, 0.1) is 5.41 Å². The van der Waals surface area contributed by atoms with Crippen LogP contribution in [0.4, 0.5) is 0 Å². The van der Waals surface area contributed by atoms with E-state index < -0.39 is 55.9 Å². The zero-order chi connectivity index (χ0) is 43.5. The lowest BCUT2D eigenvalue weighted by atomic mass is 9.92. The maximum Gasteiger partial charge on any atom is 0.347 e. The van der Waals surface area contributed by atoms with Crippen molar-refractivity contribution in [2.24, 2.45) is 5.41 Å². The van der Waals surface area contributed by atoms with Gasteiger partial charge in [-0.1, -0.05) is 122 Å². The van der Waals surface area contributed by atoms with Gasteiger partial charge < -0.3 is 29.2 Å². The highest BCUT2D eigenvalue weighted by atomic mass is 16.6. The van der Waals surface area contributed by atoms with Gasteiger partial charge in [0.1, 0.15) is 31.3 Å². The number of aromatic nitrogens is 3. The quantitative estimate of drug-likeness (QED) is 0.0513. The molecule has 310 valence electrons. The average Bonchev–Trinajstić information content (AvgIpc) is 3.29. The summed E-state index contributed by atoms with van der Waals surface area (Å²) in [6.45, 7) is 9.34. The van der Waals surface area contributed by atoms with Crippen LogP contribution in [-0.4, -0.2) is 75.6 Å². The largest absolute Gasteiger partial charge is 0.507 e. The van der Waals surface area contributed by atoms with Gasteiger partial charge in [-0.05, 0) is 55.2 Å². The SMILES string of the molecule is C=C(C)C(=O)OCC(CO)(COC(=O)C(=C)C)COC(=O)C(C)Oc1ccc(-c2nc(-c3ccc(-c4ccccc4)cc3)nc(-c3ccc(-c4ccccc4)cc3)n2)c(O)c1. The Kier molecular flexibility index (Phi) is 13.8. The first-order chi connectivity index (χ1) is 29.3. The molecular formula is C49H45N3O9. The van der Waals surface area contributed by atoms with Crippen molar-refractivity contribution in [3.8, 4) is 67.9 Å². The number of hydrogen-bond donors (Lipinski definition) is 2. The molecule has 1 atom stereocenters. The zero-order valence-electron chi connectivity index (χ0n) is 34.0. The van der Waals surface area contributed by atoms with Gasteiger partial charge in [0.05, 0.1) is 17.6 Å². The molecule has 5 aromatic carbocycles. The molecule has 1 unspecified atom stereocenters. The van der Waals surface area contributed by atoms with E-state index >= 15 is 0 Å². The second kappa shape index (κ2) is 19.5. The van der Waals surface area contributed by atoms with Crippen molar-refractivity contribution in [2.75, 3.05) is 26.4 Å². The number of hydrogen-bond acceptors (Lipinski definition) is 12. The Balaban J connectivity index is 1.23. The van der Waals surface area contributed by atoms with Crippen molar-refractivity contribution in [1.29, 1.82) is 0 Å². The van der Waals surface area contributed by atoms with Crippen LogP contribution in [0.1, 0.15) is 20.8 Å². The van der Waals surface area contributed by atoms with Crippen LogP contribution in [0.5, 0.6) is 11.5 Å². The molecular weight excluding hydrogens is 775 g/mol. The maximum atomic E-state index is 13.2. The van der Waals surface area contributed by atoms with Crippen LogP contribution in [-0.2, 0) is 28.6 Å². The molecule has 0 saturated carbocycles. The molecule has 2 N–H and O–H groups in total. The Bertz CT molecular complexity index is 2390. The van der Waals surface area contributed by atoms with E-state index in [1.165, 1.54) is 26.8 Å².